The Kier molecular flexibility index (Phi) is 2.02. The molecule has 66 valence electrons. The molecule has 0 radical (unpaired) electrons. The van der Waals surface area contributed by atoms with Crippen molar-refractivity contribution in [2.75, 3.05) is 0 Å². The van der Waals surface area contributed by atoms with Gasteiger partial charge < -0.3 is 0 Å². The first kappa shape index (κ1) is 8.26. The van der Waals surface area contributed by atoms with Gasteiger partial charge >= 0.3 is 0 Å². The van der Waals surface area contributed by atoms with Gasteiger partial charge in [-0.05, 0) is 5.56 Å². The Morgan fingerprint density at radius 3 is 2.46 bits per heavy atom. The Morgan fingerprint density at radius 2 is 1.92 bits per heavy atom. The van der Waals surface area contributed by atoms with Crippen LogP contribution in [0.1, 0.15) is 0 Å². The highest BCUT2D eigenvalue weighted by molar-refractivity contribution is 7.10. The van der Waals surface area contributed by atoms with E-state index in [0.29, 0.717) is 0 Å². The molecule has 2 aromatic rings. The summed E-state index contributed by atoms with van der Waals surface area (Å²) in [4.78, 5) is 12.2. The van der Waals surface area contributed by atoms with Gasteiger partial charge in [-0.2, -0.15) is 0 Å². The molecule has 0 N–H and O–H groups in total. The molecule has 1 heterocycles. The second kappa shape index (κ2) is 3.18. The number of benzene rings is 1. The minimum absolute atomic E-state index is 0.0591. The maximum absolute atomic E-state index is 11.2. The third-order valence-electron chi connectivity index (χ3n) is 1.86. The van der Waals surface area contributed by atoms with E-state index < -0.39 is 0 Å². The first-order valence-corrected chi connectivity index (χ1v) is 4.77. The Bertz CT molecular complexity index is 455. The average Bonchev–Trinajstić information content (AvgIpc) is 2.49. The third-order valence-corrected chi connectivity index (χ3v) is 2.86. The lowest BCUT2D eigenvalue weighted by molar-refractivity contribution is 0.981. The van der Waals surface area contributed by atoms with E-state index in [1.165, 1.54) is 11.5 Å². The van der Waals surface area contributed by atoms with Crippen LogP contribution in [0, 0.1) is 0 Å². The predicted molar refractivity (Wildman–Crippen MR) is 55.0 cm³/mol. The Hall–Kier alpha value is -1.35. The highest BCUT2D eigenvalue weighted by Gasteiger charge is 2.01. The van der Waals surface area contributed by atoms with Gasteiger partial charge in [0.2, 0.25) is 0 Å². The van der Waals surface area contributed by atoms with Gasteiger partial charge in [-0.3, -0.25) is 8.75 Å². The van der Waals surface area contributed by atoms with Crippen LogP contribution in [0.2, 0.25) is 0 Å². The standard InChI is InChI=1S/C10H9NOS/c1-11-10(12)7-9(13-11)8-5-3-2-4-6-8/h2-7H,1H3. The molecular weight excluding hydrogens is 182 g/mol. The zero-order chi connectivity index (χ0) is 9.26. The molecule has 1 aromatic heterocycles. The fraction of sp³-hybridized carbons (Fsp3) is 0.100. The summed E-state index contributed by atoms with van der Waals surface area (Å²) in [5.41, 5.74) is 1.16. The summed E-state index contributed by atoms with van der Waals surface area (Å²) >= 11 is 1.47. The normalized spacial score (nSPS) is 10.2. The van der Waals surface area contributed by atoms with Crippen LogP contribution < -0.4 is 5.56 Å². The molecule has 2 nitrogen and oxygen atoms in total. The zero-order valence-corrected chi connectivity index (χ0v) is 8.04. The summed E-state index contributed by atoms with van der Waals surface area (Å²) in [6.45, 7) is 0. The number of hydrogen-bond donors (Lipinski definition) is 0. The highest BCUT2D eigenvalue weighted by atomic mass is 32.1. The fourth-order valence-electron chi connectivity index (χ4n) is 1.16. The minimum atomic E-state index is 0.0591. The minimum Gasteiger partial charge on any atom is -0.268 e. The molecule has 13 heavy (non-hydrogen) atoms. The Labute approximate surface area is 80.2 Å². The highest BCUT2D eigenvalue weighted by Crippen LogP contribution is 2.21. The van der Waals surface area contributed by atoms with E-state index in [2.05, 4.69) is 0 Å². The Balaban J connectivity index is 2.54. The second-order valence-electron chi connectivity index (χ2n) is 2.80. The molecule has 0 aliphatic rings. The lowest BCUT2D eigenvalue weighted by Crippen LogP contribution is -2.05. The number of hydrogen-bond acceptors (Lipinski definition) is 2. The second-order valence-corrected chi connectivity index (χ2v) is 3.97. The first-order valence-electron chi connectivity index (χ1n) is 4.00. The fourth-order valence-corrected chi connectivity index (χ4v) is 1.99. The number of aryl methyl sites for hydroxylation is 1. The van der Waals surface area contributed by atoms with Crippen molar-refractivity contribution >= 4 is 11.5 Å². The topological polar surface area (TPSA) is 22.0 Å². The summed E-state index contributed by atoms with van der Waals surface area (Å²) in [5.74, 6) is 0. The summed E-state index contributed by atoms with van der Waals surface area (Å²) in [5, 5.41) is 0. The van der Waals surface area contributed by atoms with E-state index in [1.54, 1.807) is 17.1 Å². The SMILES string of the molecule is Cn1sc(-c2ccccc2)cc1=O. The molecule has 0 unspecified atom stereocenters. The van der Waals surface area contributed by atoms with Gasteiger partial charge in [0.15, 0.2) is 0 Å². The van der Waals surface area contributed by atoms with Crippen molar-refractivity contribution < 1.29 is 0 Å². The van der Waals surface area contributed by atoms with Crippen LogP contribution in [0.3, 0.4) is 0 Å². The van der Waals surface area contributed by atoms with E-state index >= 15 is 0 Å². The van der Waals surface area contributed by atoms with E-state index in [0.717, 1.165) is 10.4 Å². The molecular formula is C10H9NOS. The van der Waals surface area contributed by atoms with Gasteiger partial charge in [-0.25, -0.2) is 0 Å². The average molecular weight is 191 g/mol. The number of nitrogens with zero attached hydrogens (tertiary/aromatic N) is 1. The lowest BCUT2D eigenvalue weighted by Gasteiger charge is -1.93. The smallest absolute Gasteiger partial charge is 0.260 e. The van der Waals surface area contributed by atoms with E-state index in [-0.39, 0.29) is 5.56 Å². The number of rotatable bonds is 1. The van der Waals surface area contributed by atoms with E-state index in [4.69, 9.17) is 0 Å². The molecule has 1 aromatic carbocycles. The van der Waals surface area contributed by atoms with Crippen LogP contribution in [0.15, 0.2) is 41.2 Å². The molecule has 0 aliphatic carbocycles. The van der Waals surface area contributed by atoms with Crippen molar-refractivity contribution in [1.82, 2.24) is 3.96 Å². The van der Waals surface area contributed by atoms with Crippen LogP contribution in [0.25, 0.3) is 10.4 Å². The van der Waals surface area contributed by atoms with Crippen LogP contribution in [0.4, 0.5) is 0 Å². The molecule has 0 atom stereocenters. The number of aromatic nitrogens is 1. The van der Waals surface area contributed by atoms with E-state index in [9.17, 15) is 4.79 Å². The maximum atomic E-state index is 11.2. The van der Waals surface area contributed by atoms with Crippen LogP contribution in [0.5, 0.6) is 0 Å². The summed E-state index contributed by atoms with van der Waals surface area (Å²) < 4.78 is 1.63. The summed E-state index contributed by atoms with van der Waals surface area (Å²) in [6, 6.07) is 11.6. The molecule has 0 bridgehead atoms. The molecule has 2 rings (SSSR count). The third kappa shape index (κ3) is 1.55. The molecule has 0 amide bonds. The largest absolute Gasteiger partial charge is 0.268 e. The van der Waals surface area contributed by atoms with Crippen molar-refractivity contribution in [3.05, 3.63) is 46.8 Å². The molecule has 0 saturated carbocycles. The van der Waals surface area contributed by atoms with Crippen LogP contribution in [-0.2, 0) is 7.05 Å². The summed E-state index contributed by atoms with van der Waals surface area (Å²) in [7, 11) is 1.78. The van der Waals surface area contributed by atoms with Gasteiger partial charge in [-0.1, -0.05) is 41.9 Å². The maximum Gasteiger partial charge on any atom is 0.260 e. The van der Waals surface area contributed by atoms with Gasteiger partial charge in [0.1, 0.15) is 0 Å². The molecule has 0 saturated heterocycles. The van der Waals surface area contributed by atoms with Crippen molar-refractivity contribution in [3.8, 4) is 10.4 Å². The first-order chi connectivity index (χ1) is 6.27. The lowest BCUT2D eigenvalue weighted by atomic mass is 10.2. The van der Waals surface area contributed by atoms with Crippen molar-refractivity contribution in [1.29, 1.82) is 0 Å². The van der Waals surface area contributed by atoms with Crippen molar-refractivity contribution in [2.45, 2.75) is 0 Å². The Morgan fingerprint density at radius 1 is 1.23 bits per heavy atom. The van der Waals surface area contributed by atoms with Crippen molar-refractivity contribution in [3.63, 3.8) is 0 Å². The van der Waals surface area contributed by atoms with Crippen molar-refractivity contribution in [2.24, 2.45) is 7.05 Å². The van der Waals surface area contributed by atoms with Crippen LogP contribution >= 0.6 is 11.5 Å². The molecule has 3 heteroatoms. The van der Waals surface area contributed by atoms with Gasteiger partial charge in [0.05, 0.1) is 4.88 Å². The van der Waals surface area contributed by atoms with Gasteiger partial charge in [0, 0.05) is 13.1 Å². The van der Waals surface area contributed by atoms with E-state index in [1.807, 2.05) is 30.3 Å². The molecule has 0 spiro atoms. The monoisotopic (exact) mass is 191 g/mol. The van der Waals surface area contributed by atoms with Gasteiger partial charge in [0.25, 0.3) is 5.56 Å². The quantitative estimate of drug-likeness (QED) is 0.676. The molecule has 0 aliphatic heterocycles. The molecule has 0 fully saturated rings. The zero-order valence-electron chi connectivity index (χ0n) is 7.23. The summed E-state index contributed by atoms with van der Waals surface area (Å²) in [6.07, 6.45) is 0. The van der Waals surface area contributed by atoms with Crippen LogP contribution in [-0.4, -0.2) is 3.96 Å². The van der Waals surface area contributed by atoms with Gasteiger partial charge in [-0.15, -0.1) is 0 Å². The predicted octanol–water partition coefficient (Wildman–Crippen LogP) is 2.11.